The molecule has 0 bridgehead atoms. The Morgan fingerprint density at radius 3 is 2.30 bits per heavy atom. The molecule has 148 valence electrons. The number of Topliss-reactive ketones (excluding diaryl/α,β-unsaturated/α-hetero) is 2. The summed E-state index contributed by atoms with van der Waals surface area (Å²) in [6.45, 7) is -0.964. The average molecular weight is 384 g/mol. The number of hydrogen-bond acceptors (Lipinski definition) is 10. The van der Waals surface area contributed by atoms with Gasteiger partial charge in [-0.3, -0.25) is 14.4 Å². The highest BCUT2D eigenvalue weighted by Gasteiger charge is 2.38. The van der Waals surface area contributed by atoms with Crippen molar-refractivity contribution < 1.29 is 49.8 Å². The number of phenolic OH excluding ortho intramolecular Hbond substituents is 1. The molecule has 0 saturated carbocycles. The lowest BCUT2D eigenvalue weighted by Crippen LogP contribution is -2.50. The van der Waals surface area contributed by atoms with E-state index in [-0.39, 0.29) is 5.56 Å². The van der Waals surface area contributed by atoms with Gasteiger partial charge < -0.3 is 35.4 Å². The lowest BCUT2D eigenvalue weighted by Gasteiger charge is -2.24. The fraction of sp³-hybridized carbons (Fsp3) is 0.353. The molecule has 0 spiro atoms. The van der Waals surface area contributed by atoms with Gasteiger partial charge in [-0.25, -0.2) is 0 Å². The molecule has 0 radical (unpaired) electrons. The second kappa shape index (κ2) is 9.90. The Morgan fingerprint density at radius 2 is 1.78 bits per heavy atom. The quantitative estimate of drug-likeness (QED) is 0.112. The number of benzene rings is 1. The summed E-state index contributed by atoms with van der Waals surface area (Å²) in [7, 11) is 1.11. The number of aliphatic hydroxyl groups is 5. The van der Waals surface area contributed by atoms with E-state index in [9.17, 15) is 39.9 Å². The van der Waals surface area contributed by atoms with Crippen molar-refractivity contribution in [2.45, 2.75) is 24.4 Å². The van der Waals surface area contributed by atoms with E-state index in [0.717, 1.165) is 25.3 Å². The number of allylic oxidation sites excluding steroid dienone is 1. The zero-order valence-electron chi connectivity index (χ0n) is 14.2. The van der Waals surface area contributed by atoms with Crippen LogP contribution in [0.1, 0.15) is 15.9 Å². The largest absolute Gasteiger partial charge is 0.504 e. The predicted molar refractivity (Wildman–Crippen MR) is 90.2 cm³/mol. The van der Waals surface area contributed by atoms with Crippen LogP contribution < -0.4 is 4.74 Å². The van der Waals surface area contributed by atoms with Crippen molar-refractivity contribution in [3.8, 4) is 11.5 Å². The van der Waals surface area contributed by atoms with Crippen LogP contribution in [0.4, 0.5) is 0 Å². The van der Waals surface area contributed by atoms with Crippen LogP contribution in [0.5, 0.6) is 11.5 Å². The van der Waals surface area contributed by atoms with Gasteiger partial charge in [-0.05, 0) is 17.7 Å². The van der Waals surface area contributed by atoms with Gasteiger partial charge in [0.25, 0.3) is 0 Å². The molecule has 1 rings (SSSR count). The second-order valence-corrected chi connectivity index (χ2v) is 5.45. The number of ketones is 2. The normalized spacial score (nSPS) is 15.8. The molecule has 0 aliphatic rings. The van der Waals surface area contributed by atoms with Crippen molar-refractivity contribution in [1.29, 1.82) is 0 Å². The number of carbonyl (C=O) groups excluding carboxylic acids is 3. The van der Waals surface area contributed by atoms with Crippen molar-refractivity contribution in [3.05, 3.63) is 29.3 Å². The third kappa shape index (κ3) is 4.96. The van der Waals surface area contributed by atoms with Gasteiger partial charge in [-0.1, -0.05) is 12.1 Å². The van der Waals surface area contributed by atoms with E-state index in [1.807, 2.05) is 0 Å². The summed E-state index contributed by atoms with van der Waals surface area (Å²) in [6.07, 6.45) is -6.12. The van der Waals surface area contributed by atoms with Crippen LogP contribution in [0.15, 0.2) is 18.2 Å². The molecule has 0 fully saturated rings. The Morgan fingerprint density at radius 1 is 1.15 bits per heavy atom. The molecule has 0 unspecified atom stereocenters. The van der Waals surface area contributed by atoms with E-state index in [0.29, 0.717) is 6.29 Å². The Kier molecular flexibility index (Phi) is 8.22. The van der Waals surface area contributed by atoms with E-state index in [1.165, 1.54) is 6.07 Å². The molecule has 1 aromatic rings. The van der Waals surface area contributed by atoms with E-state index < -0.39 is 59.7 Å². The molecular formula is C17H20O10. The van der Waals surface area contributed by atoms with Crippen molar-refractivity contribution in [3.63, 3.8) is 0 Å². The molecular weight excluding hydrogens is 364 g/mol. The monoisotopic (exact) mass is 384 g/mol. The molecule has 1 aromatic carbocycles. The first-order valence-electron chi connectivity index (χ1n) is 7.64. The van der Waals surface area contributed by atoms with Crippen LogP contribution in [0.2, 0.25) is 0 Å². The zero-order valence-corrected chi connectivity index (χ0v) is 14.2. The summed E-state index contributed by atoms with van der Waals surface area (Å²) in [4.78, 5) is 35.3. The number of hydrogen-bond donors (Lipinski definition) is 6. The van der Waals surface area contributed by atoms with Crippen LogP contribution in [-0.2, 0) is 9.59 Å². The number of phenols is 1. The smallest absolute Gasteiger partial charge is 0.235 e. The highest BCUT2D eigenvalue weighted by molar-refractivity contribution is 6.46. The fourth-order valence-corrected chi connectivity index (χ4v) is 2.24. The van der Waals surface area contributed by atoms with Crippen molar-refractivity contribution in [2.24, 2.45) is 0 Å². The highest BCUT2D eigenvalue weighted by atomic mass is 16.5. The minimum atomic E-state index is -2.44. The van der Waals surface area contributed by atoms with E-state index in [4.69, 9.17) is 9.84 Å². The summed E-state index contributed by atoms with van der Waals surface area (Å²) < 4.78 is 4.90. The molecule has 0 aromatic heterocycles. The fourth-order valence-electron chi connectivity index (χ4n) is 2.24. The van der Waals surface area contributed by atoms with Crippen LogP contribution >= 0.6 is 0 Å². The van der Waals surface area contributed by atoms with Crippen molar-refractivity contribution in [1.82, 2.24) is 0 Å². The van der Waals surface area contributed by atoms with Crippen molar-refractivity contribution in [2.75, 3.05) is 13.7 Å². The summed E-state index contributed by atoms with van der Waals surface area (Å²) >= 11 is 0. The number of aliphatic hydroxyl groups excluding tert-OH is 5. The lowest BCUT2D eigenvalue weighted by molar-refractivity contribution is -0.143. The van der Waals surface area contributed by atoms with Gasteiger partial charge in [0.05, 0.1) is 19.3 Å². The molecule has 0 saturated heterocycles. The van der Waals surface area contributed by atoms with Crippen LogP contribution in [0, 0.1) is 0 Å². The summed E-state index contributed by atoms with van der Waals surface area (Å²) in [6, 6.07) is 2.36. The van der Waals surface area contributed by atoms with Crippen LogP contribution in [-0.4, -0.2) is 86.6 Å². The SMILES string of the molecule is COc1c(O)ccc(C=CC=O)c1C(=O)C(=O)[C@H](O)[C@@H](O)[C@H](O)[C@H](O)CO. The molecule has 0 aliphatic carbocycles. The zero-order chi connectivity index (χ0) is 20.7. The Labute approximate surface area is 153 Å². The van der Waals surface area contributed by atoms with Gasteiger partial charge in [0.15, 0.2) is 11.5 Å². The molecule has 0 heterocycles. The first kappa shape index (κ1) is 22.4. The maximum atomic E-state index is 12.5. The Bertz CT molecular complexity index is 727. The Hall–Kier alpha value is -2.63. The number of carbonyl (C=O) groups is 3. The van der Waals surface area contributed by atoms with E-state index >= 15 is 0 Å². The minimum absolute atomic E-state index is 0.00716. The van der Waals surface area contributed by atoms with E-state index in [2.05, 4.69) is 0 Å². The first-order valence-corrected chi connectivity index (χ1v) is 7.64. The van der Waals surface area contributed by atoms with Gasteiger partial charge in [0, 0.05) is 0 Å². The number of ether oxygens (including phenoxy) is 1. The number of aldehydes is 1. The third-order valence-electron chi connectivity index (χ3n) is 3.70. The van der Waals surface area contributed by atoms with Gasteiger partial charge in [0.2, 0.25) is 11.6 Å². The minimum Gasteiger partial charge on any atom is -0.504 e. The molecule has 10 heteroatoms. The summed E-state index contributed by atoms with van der Waals surface area (Å²) in [5, 5.41) is 57.1. The lowest BCUT2D eigenvalue weighted by atomic mass is 9.93. The summed E-state index contributed by atoms with van der Waals surface area (Å²) in [5.41, 5.74) is -0.475. The molecule has 27 heavy (non-hydrogen) atoms. The van der Waals surface area contributed by atoms with Crippen molar-refractivity contribution >= 4 is 23.9 Å². The summed E-state index contributed by atoms with van der Waals surface area (Å²) in [5.74, 6) is -3.86. The maximum absolute atomic E-state index is 12.5. The number of rotatable bonds is 10. The molecule has 6 N–H and O–H groups in total. The Balaban J connectivity index is 3.31. The number of methoxy groups -OCH3 is 1. The van der Waals surface area contributed by atoms with Crippen LogP contribution in [0.25, 0.3) is 6.08 Å². The third-order valence-corrected chi connectivity index (χ3v) is 3.70. The van der Waals surface area contributed by atoms with Gasteiger partial charge in [-0.15, -0.1) is 0 Å². The average Bonchev–Trinajstić information content (AvgIpc) is 2.68. The van der Waals surface area contributed by atoms with Gasteiger partial charge in [-0.2, -0.15) is 0 Å². The molecule has 10 nitrogen and oxygen atoms in total. The highest BCUT2D eigenvalue weighted by Crippen LogP contribution is 2.34. The van der Waals surface area contributed by atoms with Gasteiger partial charge in [0.1, 0.15) is 30.7 Å². The maximum Gasteiger partial charge on any atom is 0.235 e. The standard InChI is InChI=1S/C17H20O10/c1-27-17-9(20)5-4-8(3-2-6-18)11(17)13(23)15(25)16(26)14(24)12(22)10(21)7-19/h2-6,10,12,14,16,19-22,24,26H,7H2,1H3/t10-,12-,14+,16-/m1/s1. The molecule has 0 amide bonds. The van der Waals surface area contributed by atoms with Crippen LogP contribution in [0.3, 0.4) is 0 Å². The topological polar surface area (TPSA) is 182 Å². The number of aromatic hydroxyl groups is 1. The first-order chi connectivity index (χ1) is 12.7. The van der Waals surface area contributed by atoms with E-state index in [1.54, 1.807) is 0 Å². The molecule has 4 atom stereocenters. The predicted octanol–water partition coefficient (Wildman–Crippen LogP) is -2.20. The van der Waals surface area contributed by atoms with Gasteiger partial charge >= 0.3 is 0 Å². The second-order valence-electron chi connectivity index (χ2n) is 5.45. The molecule has 0 aliphatic heterocycles.